The first-order valence-electron chi connectivity index (χ1n) is 4.15. The molecule has 1 aromatic heterocycles. The maximum Gasteiger partial charge on any atom is 0.129 e. The van der Waals surface area contributed by atoms with Crippen LogP contribution in [-0.2, 0) is 0 Å². The molecular weight excluding hydrogens is 198 g/mol. The van der Waals surface area contributed by atoms with Crippen LogP contribution in [0.15, 0.2) is 23.5 Å². The molecule has 1 heterocycles. The van der Waals surface area contributed by atoms with Crippen molar-refractivity contribution >= 4 is 23.4 Å². The predicted molar refractivity (Wildman–Crippen MR) is 60.6 cm³/mol. The highest BCUT2D eigenvalue weighted by molar-refractivity contribution is 6.29. The van der Waals surface area contributed by atoms with Crippen LogP contribution >= 0.6 is 11.6 Å². The van der Waals surface area contributed by atoms with E-state index in [0.717, 1.165) is 16.7 Å². The van der Waals surface area contributed by atoms with Crippen LogP contribution in [0.3, 0.4) is 0 Å². The standard InChI is InChI=1S/C10H12ClN3/c1-7-3-10(11)14-6-9(7)8(4-12)5-13-2/h3-6H,12H2,1-2H3/b8-4+,13-5?. The molecule has 1 rings (SSSR count). The van der Waals surface area contributed by atoms with E-state index < -0.39 is 0 Å². The fourth-order valence-corrected chi connectivity index (χ4v) is 1.38. The lowest BCUT2D eigenvalue weighted by Gasteiger charge is -2.04. The molecule has 0 saturated heterocycles. The molecule has 0 fully saturated rings. The molecule has 0 radical (unpaired) electrons. The van der Waals surface area contributed by atoms with E-state index in [1.807, 2.05) is 6.92 Å². The second-order valence-electron chi connectivity index (χ2n) is 2.83. The van der Waals surface area contributed by atoms with Gasteiger partial charge < -0.3 is 5.73 Å². The van der Waals surface area contributed by atoms with Crippen LogP contribution in [0.2, 0.25) is 5.15 Å². The summed E-state index contributed by atoms with van der Waals surface area (Å²) in [6, 6.07) is 1.80. The van der Waals surface area contributed by atoms with Crippen LogP contribution in [0.5, 0.6) is 0 Å². The van der Waals surface area contributed by atoms with Crippen molar-refractivity contribution in [3.05, 3.63) is 34.7 Å². The predicted octanol–water partition coefficient (Wildman–Crippen LogP) is 2.04. The third kappa shape index (κ3) is 2.33. The normalized spacial score (nSPS) is 12.4. The molecule has 0 saturated carbocycles. The average Bonchev–Trinajstić information content (AvgIpc) is 2.15. The van der Waals surface area contributed by atoms with E-state index in [2.05, 4.69) is 9.98 Å². The number of pyridine rings is 1. The number of aryl methyl sites for hydroxylation is 1. The maximum absolute atomic E-state index is 5.75. The van der Waals surface area contributed by atoms with Gasteiger partial charge in [0, 0.05) is 36.8 Å². The summed E-state index contributed by atoms with van der Waals surface area (Å²) in [6.07, 6.45) is 4.89. The summed E-state index contributed by atoms with van der Waals surface area (Å²) in [5, 5.41) is 0.482. The fraction of sp³-hybridized carbons (Fsp3) is 0.200. The molecule has 74 valence electrons. The van der Waals surface area contributed by atoms with Gasteiger partial charge in [0.15, 0.2) is 0 Å². The number of aromatic nitrogens is 1. The summed E-state index contributed by atoms with van der Waals surface area (Å²) < 4.78 is 0. The summed E-state index contributed by atoms with van der Waals surface area (Å²) in [5.41, 5.74) is 8.30. The zero-order chi connectivity index (χ0) is 10.6. The maximum atomic E-state index is 5.75. The van der Waals surface area contributed by atoms with Gasteiger partial charge in [0.2, 0.25) is 0 Å². The number of hydrogen-bond acceptors (Lipinski definition) is 3. The molecule has 3 nitrogen and oxygen atoms in total. The van der Waals surface area contributed by atoms with Gasteiger partial charge in [-0.15, -0.1) is 0 Å². The van der Waals surface area contributed by atoms with E-state index in [9.17, 15) is 0 Å². The Hall–Kier alpha value is -1.35. The number of rotatable bonds is 2. The van der Waals surface area contributed by atoms with E-state index in [1.165, 1.54) is 6.20 Å². The highest BCUT2D eigenvalue weighted by atomic mass is 35.5. The average molecular weight is 210 g/mol. The lowest BCUT2D eigenvalue weighted by atomic mass is 10.1. The Morgan fingerprint density at radius 1 is 1.64 bits per heavy atom. The quantitative estimate of drug-likeness (QED) is 0.599. The molecule has 1 aromatic rings. The van der Waals surface area contributed by atoms with Crippen LogP contribution < -0.4 is 5.73 Å². The lowest BCUT2D eigenvalue weighted by Crippen LogP contribution is -1.95. The minimum Gasteiger partial charge on any atom is -0.404 e. The summed E-state index contributed by atoms with van der Waals surface area (Å²) in [6.45, 7) is 1.95. The van der Waals surface area contributed by atoms with Crippen molar-refractivity contribution in [1.29, 1.82) is 0 Å². The topological polar surface area (TPSA) is 51.3 Å². The third-order valence-corrected chi connectivity index (χ3v) is 2.04. The molecule has 0 bridgehead atoms. The van der Waals surface area contributed by atoms with E-state index in [4.69, 9.17) is 17.3 Å². The molecule has 0 aromatic carbocycles. The minimum absolute atomic E-state index is 0.482. The van der Waals surface area contributed by atoms with Gasteiger partial charge in [-0.1, -0.05) is 11.6 Å². The third-order valence-electron chi connectivity index (χ3n) is 1.84. The summed E-state index contributed by atoms with van der Waals surface area (Å²) >= 11 is 5.75. The number of aliphatic imine (C=N–C) groups is 1. The van der Waals surface area contributed by atoms with Gasteiger partial charge in [-0.2, -0.15) is 0 Å². The van der Waals surface area contributed by atoms with Gasteiger partial charge in [0.1, 0.15) is 5.15 Å². The van der Waals surface area contributed by atoms with Crippen molar-refractivity contribution in [3.63, 3.8) is 0 Å². The van der Waals surface area contributed by atoms with Gasteiger partial charge >= 0.3 is 0 Å². The Labute approximate surface area is 88.3 Å². The molecule has 0 unspecified atom stereocenters. The molecule has 0 atom stereocenters. The van der Waals surface area contributed by atoms with E-state index in [-0.39, 0.29) is 0 Å². The Balaban J connectivity index is 3.18. The first-order valence-corrected chi connectivity index (χ1v) is 4.53. The van der Waals surface area contributed by atoms with Gasteiger partial charge in [-0.25, -0.2) is 4.98 Å². The number of nitrogens with zero attached hydrogens (tertiary/aromatic N) is 2. The molecule has 0 aliphatic rings. The SMILES string of the molecule is CN=C/C(=C\N)c1cnc(Cl)cc1C. The van der Waals surface area contributed by atoms with Crippen LogP contribution in [0.25, 0.3) is 5.57 Å². The smallest absolute Gasteiger partial charge is 0.129 e. The van der Waals surface area contributed by atoms with Crippen LogP contribution in [0.4, 0.5) is 0 Å². The van der Waals surface area contributed by atoms with Gasteiger partial charge in [-0.3, -0.25) is 4.99 Å². The zero-order valence-corrected chi connectivity index (χ0v) is 8.92. The highest BCUT2D eigenvalue weighted by Gasteiger charge is 2.03. The molecule has 0 aliphatic heterocycles. The van der Waals surface area contributed by atoms with Crippen molar-refractivity contribution in [2.45, 2.75) is 6.92 Å². The van der Waals surface area contributed by atoms with Gasteiger partial charge in [0.05, 0.1) is 0 Å². The van der Waals surface area contributed by atoms with E-state index in [0.29, 0.717) is 5.15 Å². The van der Waals surface area contributed by atoms with Crippen LogP contribution in [0, 0.1) is 6.92 Å². The second kappa shape index (κ2) is 4.77. The number of halogens is 1. The largest absolute Gasteiger partial charge is 0.404 e. The molecule has 14 heavy (non-hydrogen) atoms. The molecule has 0 spiro atoms. The molecular formula is C10H12ClN3. The molecule has 0 aliphatic carbocycles. The Kier molecular flexibility index (Phi) is 3.65. The Morgan fingerprint density at radius 2 is 2.36 bits per heavy atom. The molecule has 4 heteroatoms. The number of nitrogens with two attached hydrogens (primary N) is 1. The molecule has 2 N–H and O–H groups in total. The zero-order valence-electron chi connectivity index (χ0n) is 8.16. The molecule has 0 amide bonds. The summed E-state index contributed by atoms with van der Waals surface area (Å²) in [7, 11) is 1.70. The summed E-state index contributed by atoms with van der Waals surface area (Å²) in [4.78, 5) is 7.91. The van der Waals surface area contributed by atoms with Crippen LogP contribution in [0.1, 0.15) is 11.1 Å². The first-order chi connectivity index (χ1) is 6.69. The summed E-state index contributed by atoms with van der Waals surface area (Å²) in [5.74, 6) is 0. The van der Waals surface area contributed by atoms with Crippen LogP contribution in [-0.4, -0.2) is 18.2 Å². The monoisotopic (exact) mass is 209 g/mol. The number of hydrogen-bond donors (Lipinski definition) is 1. The Morgan fingerprint density at radius 3 is 2.86 bits per heavy atom. The van der Waals surface area contributed by atoms with Gasteiger partial charge in [-0.05, 0) is 18.6 Å². The Bertz CT molecular complexity index is 383. The minimum atomic E-state index is 0.482. The van der Waals surface area contributed by atoms with Gasteiger partial charge in [0.25, 0.3) is 0 Å². The first kappa shape index (κ1) is 10.7. The van der Waals surface area contributed by atoms with Crippen molar-refractivity contribution in [2.75, 3.05) is 7.05 Å². The second-order valence-corrected chi connectivity index (χ2v) is 3.22. The van der Waals surface area contributed by atoms with E-state index in [1.54, 1.807) is 25.5 Å². The van der Waals surface area contributed by atoms with Crippen molar-refractivity contribution in [2.24, 2.45) is 10.7 Å². The lowest BCUT2D eigenvalue weighted by molar-refractivity contribution is 1.26. The fourth-order valence-electron chi connectivity index (χ4n) is 1.17. The highest BCUT2D eigenvalue weighted by Crippen LogP contribution is 2.18. The van der Waals surface area contributed by atoms with Crippen molar-refractivity contribution in [1.82, 2.24) is 4.98 Å². The van der Waals surface area contributed by atoms with E-state index >= 15 is 0 Å². The van der Waals surface area contributed by atoms with Crippen molar-refractivity contribution in [3.8, 4) is 0 Å². The van der Waals surface area contributed by atoms with Crippen molar-refractivity contribution < 1.29 is 0 Å². The number of allylic oxidation sites excluding steroid dienone is 1.